The fraction of sp³-hybridized carbons (Fsp3) is 0.636. The Bertz CT molecular complexity index is 281. The molecule has 1 heterocycles. The van der Waals surface area contributed by atoms with Gasteiger partial charge in [-0.05, 0) is 25.5 Å². The monoisotopic (exact) mass is 224 g/mol. The van der Waals surface area contributed by atoms with Gasteiger partial charge in [0, 0.05) is 32.6 Å². The number of nitrogens with two attached hydrogens (primary N) is 1. The molecule has 0 aromatic carbocycles. The first-order valence-electron chi connectivity index (χ1n) is 5.50. The molecule has 0 saturated heterocycles. The minimum absolute atomic E-state index is 0.668. The van der Waals surface area contributed by atoms with E-state index in [2.05, 4.69) is 14.9 Å². The van der Waals surface area contributed by atoms with Gasteiger partial charge in [-0.25, -0.2) is 9.97 Å². The number of rotatable bonds is 7. The lowest BCUT2D eigenvalue weighted by Gasteiger charge is -2.21. The topological polar surface area (TPSA) is 64.3 Å². The number of anilines is 1. The van der Waals surface area contributed by atoms with Crippen LogP contribution in [0.4, 0.5) is 5.95 Å². The molecule has 0 fully saturated rings. The predicted molar refractivity (Wildman–Crippen MR) is 64.5 cm³/mol. The van der Waals surface area contributed by atoms with Gasteiger partial charge in [0.25, 0.3) is 0 Å². The summed E-state index contributed by atoms with van der Waals surface area (Å²) in [6, 6.07) is 0. The van der Waals surface area contributed by atoms with Crippen molar-refractivity contribution < 1.29 is 4.74 Å². The van der Waals surface area contributed by atoms with E-state index in [0.717, 1.165) is 31.0 Å². The second-order valence-corrected chi connectivity index (χ2v) is 3.68. The van der Waals surface area contributed by atoms with Crippen LogP contribution in [0.1, 0.15) is 12.0 Å². The van der Waals surface area contributed by atoms with E-state index in [9.17, 15) is 0 Å². The zero-order chi connectivity index (χ0) is 11.8. The normalized spacial score (nSPS) is 10.4. The van der Waals surface area contributed by atoms with E-state index in [4.69, 9.17) is 10.5 Å². The molecule has 1 aromatic rings. The van der Waals surface area contributed by atoms with Crippen molar-refractivity contribution in [3.63, 3.8) is 0 Å². The van der Waals surface area contributed by atoms with Crippen molar-refractivity contribution in [1.82, 2.24) is 9.97 Å². The molecule has 5 heteroatoms. The van der Waals surface area contributed by atoms with E-state index >= 15 is 0 Å². The smallest absolute Gasteiger partial charge is 0.225 e. The molecule has 0 unspecified atom stereocenters. The molecule has 0 amide bonds. The molecule has 16 heavy (non-hydrogen) atoms. The lowest BCUT2D eigenvalue weighted by atomic mass is 10.3. The number of ether oxygens (including phenoxy) is 1. The maximum absolute atomic E-state index is 5.51. The van der Waals surface area contributed by atoms with Gasteiger partial charge in [-0.3, -0.25) is 0 Å². The van der Waals surface area contributed by atoms with Gasteiger partial charge in [-0.1, -0.05) is 0 Å². The van der Waals surface area contributed by atoms with Crippen molar-refractivity contribution in [3.8, 4) is 0 Å². The largest absolute Gasteiger partial charge is 0.383 e. The minimum Gasteiger partial charge on any atom is -0.383 e. The van der Waals surface area contributed by atoms with Crippen LogP contribution in [0, 0.1) is 6.92 Å². The second-order valence-electron chi connectivity index (χ2n) is 3.68. The van der Waals surface area contributed by atoms with Crippen LogP contribution in [0.3, 0.4) is 0 Å². The molecule has 0 spiro atoms. The lowest BCUT2D eigenvalue weighted by molar-refractivity contribution is 0.205. The maximum atomic E-state index is 5.51. The summed E-state index contributed by atoms with van der Waals surface area (Å²) in [6.45, 7) is 4.97. The van der Waals surface area contributed by atoms with Crippen molar-refractivity contribution in [2.24, 2.45) is 5.73 Å². The van der Waals surface area contributed by atoms with Crippen molar-refractivity contribution >= 4 is 5.95 Å². The molecular formula is C11H20N4O. The number of aryl methyl sites for hydroxylation is 1. The Morgan fingerprint density at radius 1 is 1.31 bits per heavy atom. The van der Waals surface area contributed by atoms with Crippen molar-refractivity contribution in [3.05, 3.63) is 18.0 Å². The Morgan fingerprint density at radius 3 is 2.56 bits per heavy atom. The predicted octanol–water partition coefficient (Wildman–Crippen LogP) is 0.587. The fourth-order valence-corrected chi connectivity index (χ4v) is 1.34. The average molecular weight is 224 g/mol. The van der Waals surface area contributed by atoms with E-state index in [-0.39, 0.29) is 0 Å². The third kappa shape index (κ3) is 4.12. The molecule has 0 aliphatic heterocycles. The van der Waals surface area contributed by atoms with Crippen molar-refractivity contribution in [2.75, 3.05) is 38.3 Å². The number of aromatic nitrogens is 2. The third-order valence-corrected chi connectivity index (χ3v) is 2.25. The third-order valence-electron chi connectivity index (χ3n) is 2.25. The molecule has 0 saturated carbocycles. The van der Waals surface area contributed by atoms with Gasteiger partial charge in [0.05, 0.1) is 6.61 Å². The quantitative estimate of drug-likeness (QED) is 0.734. The van der Waals surface area contributed by atoms with Crippen LogP contribution < -0.4 is 10.6 Å². The van der Waals surface area contributed by atoms with Gasteiger partial charge in [-0.2, -0.15) is 0 Å². The van der Waals surface area contributed by atoms with Crippen LogP contribution in [-0.2, 0) is 4.74 Å². The first-order valence-corrected chi connectivity index (χ1v) is 5.50. The van der Waals surface area contributed by atoms with Crippen LogP contribution in [0.25, 0.3) is 0 Å². The Kier molecular flexibility index (Phi) is 5.74. The molecule has 90 valence electrons. The Hall–Kier alpha value is -1.20. The summed E-state index contributed by atoms with van der Waals surface area (Å²) in [5.41, 5.74) is 6.57. The zero-order valence-electron chi connectivity index (χ0n) is 10.0. The molecule has 2 N–H and O–H groups in total. The number of nitrogens with zero attached hydrogens (tertiary/aromatic N) is 3. The highest BCUT2D eigenvalue weighted by Crippen LogP contribution is 2.06. The van der Waals surface area contributed by atoms with Crippen LogP contribution in [-0.4, -0.2) is 43.3 Å². The summed E-state index contributed by atoms with van der Waals surface area (Å²) in [4.78, 5) is 10.7. The summed E-state index contributed by atoms with van der Waals surface area (Å²) < 4.78 is 5.07. The molecule has 0 aliphatic carbocycles. The number of methoxy groups -OCH3 is 1. The van der Waals surface area contributed by atoms with E-state index in [1.165, 1.54) is 0 Å². The zero-order valence-corrected chi connectivity index (χ0v) is 10.0. The fourth-order valence-electron chi connectivity index (χ4n) is 1.34. The van der Waals surface area contributed by atoms with Gasteiger partial charge in [0.15, 0.2) is 0 Å². The van der Waals surface area contributed by atoms with Gasteiger partial charge in [0.1, 0.15) is 0 Å². The molecule has 0 atom stereocenters. The van der Waals surface area contributed by atoms with Gasteiger partial charge < -0.3 is 15.4 Å². The van der Waals surface area contributed by atoms with Crippen LogP contribution in [0.15, 0.2) is 12.4 Å². The van der Waals surface area contributed by atoms with E-state index in [0.29, 0.717) is 13.2 Å². The Balaban J connectivity index is 2.62. The first kappa shape index (κ1) is 12.9. The summed E-state index contributed by atoms with van der Waals surface area (Å²) in [7, 11) is 1.69. The van der Waals surface area contributed by atoms with Crippen molar-refractivity contribution in [1.29, 1.82) is 0 Å². The summed E-state index contributed by atoms with van der Waals surface area (Å²) in [5, 5.41) is 0. The Morgan fingerprint density at radius 2 is 2.00 bits per heavy atom. The van der Waals surface area contributed by atoms with Crippen LogP contribution in [0.5, 0.6) is 0 Å². The molecule has 0 radical (unpaired) electrons. The first-order chi connectivity index (χ1) is 7.77. The van der Waals surface area contributed by atoms with Crippen molar-refractivity contribution in [2.45, 2.75) is 13.3 Å². The van der Waals surface area contributed by atoms with Gasteiger partial charge in [0.2, 0.25) is 5.95 Å². The second kappa shape index (κ2) is 7.14. The molecule has 0 bridgehead atoms. The molecular weight excluding hydrogens is 204 g/mol. The summed E-state index contributed by atoms with van der Waals surface area (Å²) in [6.07, 6.45) is 4.58. The highest BCUT2D eigenvalue weighted by atomic mass is 16.5. The van der Waals surface area contributed by atoms with E-state index in [1.807, 2.05) is 19.3 Å². The average Bonchev–Trinajstić information content (AvgIpc) is 2.31. The van der Waals surface area contributed by atoms with Gasteiger partial charge >= 0.3 is 0 Å². The number of hydrogen-bond acceptors (Lipinski definition) is 5. The SMILES string of the molecule is COCCN(CCCN)c1ncc(C)cn1. The lowest BCUT2D eigenvalue weighted by Crippen LogP contribution is -2.31. The highest BCUT2D eigenvalue weighted by Gasteiger charge is 2.07. The van der Waals surface area contributed by atoms with Crippen LogP contribution in [0.2, 0.25) is 0 Å². The summed E-state index contributed by atoms with van der Waals surface area (Å²) >= 11 is 0. The van der Waals surface area contributed by atoms with E-state index in [1.54, 1.807) is 7.11 Å². The molecule has 0 aliphatic rings. The number of hydrogen-bond donors (Lipinski definition) is 1. The highest BCUT2D eigenvalue weighted by molar-refractivity contribution is 5.29. The molecule has 1 rings (SSSR count). The van der Waals surface area contributed by atoms with Crippen LogP contribution >= 0.6 is 0 Å². The minimum atomic E-state index is 0.668. The Labute approximate surface area is 96.6 Å². The van der Waals surface area contributed by atoms with Gasteiger partial charge in [-0.15, -0.1) is 0 Å². The standard InChI is InChI=1S/C11H20N4O/c1-10-8-13-11(14-9-10)15(5-3-4-12)6-7-16-2/h8-9H,3-7,12H2,1-2H3. The molecule has 5 nitrogen and oxygen atoms in total. The maximum Gasteiger partial charge on any atom is 0.225 e. The molecule has 1 aromatic heterocycles. The summed E-state index contributed by atoms with van der Waals surface area (Å²) in [5.74, 6) is 0.746. The van der Waals surface area contributed by atoms with E-state index < -0.39 is 0 Å².